The summed E-state index contributed by atoms with van der Waals surface area (Å²) in [6.45, 7) is 1.38. The van der Waals surface area contributed by atoms with Crippen LogP contribution in [-0.2, 0) is 10.9 Å². The Morgan fingerprint density at radius 2 is 2.05 bits per heavy atom. The molecule has 0 heterocycles. The van der Waals surface area contributed by atoms with Crippen LogP contribution in [0.1, 0.15) is 22.8 Å². The first-order chi connectivity index (χ1) is 8.68. The minimum atomic E-state index is -4.85. The SMILES string of the molecule is CCOC(=O)c1cc(Cl)c(C(F)(F)F)cc1[N+](=O)[O-]. The van der Waals surface area contributed by atoms with Gasteiger partial charge in [0.05, 0.1) is 22.1 Å². The van der Waals surface area contributed by atoms with Crippen LogP contribution in [-0.4, -0.2) is 17.5 Å². The van der Waals surface area contributed by atoms with Gasteiger partial charge >= 0.3 is 12.1 Å². The van der Waals surface area contributed by atoms with E-state index in [0.29, 0.717) is 6.07 Å². The van der Waals surface area contributed by atoms with Crippen molar-refractivity contribution in [3.05, 3.63) is 38.4 Å². The van der Waals surface area contributed by atoms with Crippen LogP contribution in [0.4, 0.5) is 18.9 Å². The summed E-state index contributed by atoms with van der Waals surface area (Å²) >= 11 is 5.38. The maximum Gasteiger partial charge on any atom is 0.418 e. The van der Waals surface area contributed by atoms with Gasteiger partial charge in [-0.05, 0) is 13.0 Å². The molecule has 1 aromatic carbocycles. The van der Waals surface area contributed by atoms with E-state index in [0.717, 1.165) is 0 Å². The van der Waals surface area contributed by atoms with Crippen LogP contribution in [0.25, 0.3) is 0 Å². The molecule has 1 rings (SSSR count). The Bertz CT molecular complexity index is 530. The molecule has 0 saturated heterocycles. The smallest absolute Gasteiger partial charge is 0.418 e. The molecule has 0 aliphatic heterocycles. The average molecular weight is 298 g/mol. The van der Waals surface area contributed by atoms with Crippen LogP contribution < -0.4 is 0 Å². The van der Waals surface area contributed by atoms with Crippen LogP contribution >= 0.6 is 11.6 Å². The summed E-state index contributed by atoms with van der Waals surface area (Å²) in [6, 6.07) is 0.801. The summed E-state index contributed by atoms with van der Waals surface area (Å²) in [6.07, 6.45) is -4.85. The minimum absolute atomic E-state index is 0.0748. The second-order valence-corrected chi connectivity index (χ2v) is 3.73. The Hall–Kier alpha value is -1.83. The topological polar surface area (TPSA) is 69.4 Å². The zero-order valence-electron chi connectivity index (χ0n) is 9.45. The number of halogens is 4. The molecule has 0 radical (unpaired) electrons. The normalized spacial score (nSPS) is 11.2. The molecule has 0 aromatic heterocycles. The number of nitrogens with zero attached hydrogens (tertiary/aromatic N) is 1. The van der Waals surface area contributed by atoms with E-state index in [1.165, 1.54) is 6.92 Å². The van der Waals surface area contributed by atoms with Crippen LogP contribution in [0.15, 0.2) is 12.1 Å². The van der Waals surface area contributed by atoms with Gasteiger partial charge in [-0.25, -0.2) is 4.79 Å². The molecule has 19 heavy (non-hydrogen) atoms. The standard InChI is InChI=1S/C10H7ClF3NO4/c1-2-19-9(16)5-3-7(11)6(10(12,13)14)4-8(5)15(17)18/h3-4H,2H2,1H3. The van der Waals surface area contributed by atoms with Gasteiger partial charge in [-0.15, -0.1) is 0 Å². The number of hydrogen-bond donors (Lipinski definition) is 0. The molecule has 5 nitrogen and oxygen atoms in total. The van der Waals surface area contributed by atoms with Crippen LogP contribution in [0.5, 0.6) is 0 Å². The Morgan fingerprint density at radius 3 is 2.47 bits per heavy atom. The fraction of sp³-hybridized carbons (Fsp3) is 0.300. The molecular weight excluding hydrogens is 291 g/mol. The molecule has 0 atom stereocenters. The van der Waals surface area contributed by atoms with E-state index in [1.807, 2.05) is 0 Å². The van der Waals surface area contributed by atoms with Crippen molar-refractivity contribution in [2.24, 2.45) is 0 Å². The maximum absolute atomic E-state index is 12.5. The summed E-state index contributed by atoms with van der Waals surface area (Å²) < 4.78 is 42.2. The lowest BCUT2D eigenvalue weighted by atomic mass is 10.1. The third-order valence-corrected chi connectivity index (χ3v) is 2.40. The fourth-order valence-electron chi connectivity index (χ4n) is 1.30. The van der Waals surface area contributed by atoms with Gasteiger partial charge in [0.2, 0.25) is 0 Å². The number of esters is 1. The lowest BCUT2D eigenvalue weighted by Crippen LogP contribution is -2.12. The predicted octanol–water partition coefficient (Wildman–Crippen LogP) is 3.44. The third-order valence-electron chi connectivity index (χ3n) is 2.08. The Morgan fingerprint density at radius 1 is 1.47 bits per heavy atom. The van der Waals surface area contributed by atoms with Gasteiger partial charge in [-0.3, -0.25) is 10.1 Å². The van der Waals surface area contributed by atoms with Gasteiger partial charge < -0.3 is 4.74 Å². The highest BCUT2D eigenvalue weighted by atomic mass is 35.5. The van der Waals surface area contributed by atoms with Crippen molar-refractivity contribution < 1.29 is 27.6 Å². The molecule has 1 aromatic rings. The molecular formula is C10H7ClF3NO4. The molecule has 0 fully saturated rings. The first-order valence-corrected chi connectivity index (χ1v) is 5.28. The second-order valence-electron chi connectivity index (χ2n) is 3.32. The first-order valence-electron chi connectivity index (χ1n) is 4.90. The summed E-state index contributed by atoms with van der Waals surface area (Å²) in [7, 11) is 0. The van der Waals surface area contributed by atoms with Crippen LogP contribution in [0.3, 0.4) is 0 Å². The lowest BCUT2D eigenvalue weighted by Gasteiger charge is -2.10. The molecule has 0 aliphatic rings. The molecule has 0 aliphatic carbocycles. The zero-order chi connectivity index (χ0) is 14.8. The quantitative estimate of drug-likeness (QED) is 0.487. The van der Waals surface area contributed by atoms with E-state index in [4.69, 9.17) is 11.6 Å². The summed E-state index contributed by atoms with van der Waals surface area (Å²) in [5.74, 6) is -1.11. The van der Waals surface area contributed by atoms with Crippen molar-refractivity contribution in [2.75, 3.05) is 6.61 Å². The molecule has 0 spiro atoms. The largest absolute Gasteiger partial charge is 0.462 e. The monoisotopic (exact) mass is 297 g/mol. The van der Waals surface area contributed by atoms with Gasteiger partial charge in [0, 0.05) is 6.07 Å². The summed E-state index contributed by atoms with van der Waals surface area (Å²) in [5.41, 5.74) is -3.01. The van der Waals surface area contributed by atoms with Crippen molar-refractivity contribution in [2.45, 2.75) is 13.1 Å². The molecule has 104 valence electrons. The van der Waals surface area contributed by atoms with E-state index in [1.54, 1.807) is 0 Å². The van der Waals surface area contributed by atoms with Gasteiger partial charge in [0.25, 0.3) is 5.69 Å². The van der Waals surface area contributed by atoms with Gasteiger partial charge in [-0.1, -0.05) is 11.6 Å². The highest BCUT2D eigenvalue weighted by molar-refractivity contribution is 6.32. The summed E-state index contributed by atoms with van der Waals surface area (Å²) in [4.78, 5) is 21.0. The average Bonchev–Trinajstić information content (AvgIpc) is 2.26. The first kappa shape index (κ1) is 15.2. The Kier molecular flexibility index (Phi) is 4.35. The predicted molar refractivity (Wildman–Crippen MR) is 59.1 cm³/mol. The highest BCUT2D eigenvalue weighted by Gasteiger charge is 2.37. The molecule has 0 saturated carbocycles. The van der Waals surface area contributed by atoms with E-state index in [9.17, 15) is 28.1 Å². The number of carbonyl (C=O) groups excluding carboxylic acids is 1. The number of hydrogen-bond acceptors (Lipinski definition) is 4. The van der Waals surface area contributed by atoms with E-state index in [2.05, 4.69) is 4.74 Å². The van der Waals surface area contributed by atoms with Crippen molar-refractivity contribution >= 4 is 23.3 Å². The zero-order valence-corrected chi connectivity index (χ0v) is 10.2. The number of rotatable bonds is 3. The second kappa shape index (κ2) is 5.43. The maximum atomic E-state index is 12.5. The van der Waals surface area contributed by atoms with Gasteiger partial charge in [-0.2, -0.15) is 13.2 Å². The number of alkyl halides is 3. The fourth-order valence-corrected chi connectivity index (χ4v) is 1.57. The summed E-state index contributed by atoms with van der Waals surface area (Å²) in [5, 5.41) is 9.90. The van der Waals surface area contributed by atoms with Gasteiger partial charge in [0.15, 0.2) is 0 Å². The molecule has 0 bridgehead atoms. The van der Waals surface area contributed by atoms with E-state index < -0.39 is 38.9 Å². The van der Waals surface area contributed by atoms with Crippen LogP contribution in [0.2, 0.25) is 5.02 Å². The molecule has 0 N–H and O–H groups in total. The Balaban J connectivity index is 3.46. The number of ether oxygens (including phenoxy) is 1. The number of carbonyl (C=O) groups is 1. The van der Waals surface area contributed by atoms with E-state index in [-0.39, 0.29) is 12.7 Å². The Labute approximate surface area is 110 Å². The molecule has 0 unspecified atom stereocenters. The lowest BCUT2D eigenvalue weighted by molar-refractivity contribution is -0.385. The molecule has 9 heteroatoms. The van der Waals surface area contributed by atoms with Gasteiger partial charge in [0.1, 0.15) is 5.56 Å². The molecule has 0 amide bonds. The highest BCUT2D eigenvalue weighted by Crippen LogP contribution is 2.38. The van der Waals surface area contributed by atoms with E-state index >= 15 is 0 Å². The van der Waals surface area contributed by atoms with Crippen molar-refractivity contribution in [1.82, 2.24) is 0 Å². The third kappa shape index (κ3) is 3.34. The minimum Gasteiger partial charge on any atom is -0.462 e. The van der Waals surface area contributed by atoms with Crippen molar-refractivity contribution in [3.8, 4) is 0 Å². The van der Waals surface area contributed by atoms with Crippen LogP contribution in [0, 0.1) is 10.1 Å². The van der Waals surface area contributed by atoms with Crippen molar-refractivity contribution in [1.29, 1.82) is 0 Å². The number of benzene rings is 1. The number of nitro benzene ring substituents is 1. The van der Waals surface area contributed by atoms with Crippen molar-refractivity contribution in [3.63, 3.8) is 0 Å². The number of nitro groups is 1.